The van der Waals surface area contributed by atoms with Gasteiger partial charge in [-0.3, -0.25) is 29.5 Å². The highest BCUT2D eigenvalue weighted by Crippen LogP contribution is 2.35. The number of piperazine rings is 2. The number of anilines is 1. The molecule has 8 aromatic carbocycles. The summed E-state index contributed by atoms with van der Waals surface area (Å²) in [6.45, 7) is 12.8. The van der Waals surface area contributed by atoms with E-state index >= 15 is 0 Å². The Hall–Kier alpha value is -12.1. The summed E-state index contributed by atoms with van der Waals surface area (Å²) in [5.41, 5.74) is 22.0. The minimum Gasteiger partial charge on any atom is -0.383 e. The number of non-ortho nitro benzene ring substituents is 1. The molecular formula is C91H87Cl2N13O7. The van der Waals surface area contributed by atoms with Crippen LogP contribution in [0.5, 0.6) is 0 Å². The van der Waals surface area contributed by atoms with E-state index < -0.39 is 4.92 Å². The zero-order valence-electron chi connectivity index (χ0n) is 63.3. The maximum Gasteiger partial charge on any atom is 0.321 e. The molecule has 0 saturated carbocycles. The molecule has 0 spiro atoms. The topological polar surface area (TPSA) is 202 Å². The lowest BCUT2D eigenvalue weighted by molar-refractivity contribution is -0.384. The molecule has 2 aliphatic rings. The average molecular weight is 1550 g/mol. The predicted molar refractivity (Wildman–Crippen MR) is 448 cm³/mol. The second kappa shape index (κ2) is 36.8. The summed E-state index contributed by atoms with van der Waals surface area (Å²) in [6, 6.07) is 81.2. The number of methoxy groups -OCH3 is 1. The Bertz CT molecular complexity index is 5580. The highest BCUT2D eigenvalue weighted by atomic mass is 35.5. The van der Waals surface area contributed by atoms with Crippen molar-refractivity contribution >= 4 is 69.4 Å². The van der Waals surface area contributed by atoms with E-state index in [2.05, 4.69) is 114 Å². The number of pyridine rings is 3. The molecule has 0 bridgehead atoms. The number of carbonyl (C=O) groups is 3. The van der Waals surface area contributed by atoms with Crippen LogP contribution in [0.25, 0.3) is 84.1 Å². The third-order valence-corrected chi connectivity index (χ3v) is 21.0. The van der Waals surface area contributed by atoms with Crippen molar-refractivity contribution in [2.75, 3.05) is 84.5 Å². The fraction of sp³-hybridized carbons (Fsp3) is 0.209. The predicted octanol–water partition coefficient (Wildman–Crippen LogP) is 17.7. The van der Waals surface area contributed by atoms with Crippen LogP contribution in [0.2, 0.25) is 10.0 Å². The number of para-hydroxylation sites is 1. The maximum absolute atomic E-state index is 13.1. The van der Waals surface area contributed by atoms with Gasteiger partial charge in [0.25, 0.3) is 5.69 Å². The molecule has 16 rings (SSSR count). The van der Waals surface area contributed by atoms with Crippen LogP contribution in [-0.2, 0) is 45.2 Å². The largest absolute Gasteiger partial charge is 0.383 e. The van der Waals surface area contributed by atoms with E-state index in [1.54, 1.807) is 19.2 Å². The van der Waals surface area contributed by atoms with Gasteiger partial charge >= 0.3 is 6.03 Å². The minimum atomic E-state index is -0.426. The summed E-state index contributed by atoms with van der Waals surface area (Å²) in [4.78, 5) is 72.3. The Kier molecular flexibility index (Phi) is 25.3. The lowest BCUT2D eigenvalue weighted by atomic mass is 10.1. The average Bonchev–Trinajstić information content (AvgIpc) is 1.62. The molecule has 0 aliphatic carbocycles. The summed E-state index contributed by atoms with van der Waals surface area (Å²) >= 11 is 12.4. The molecule has 4 amide bonds. The molecule has 14 aromatic rings. The number of aromatic nitrogens is 6. The molecule has 22 heteroatoms. The van der Waals surface area contributed by atoms with Gasteiger partial charge in [-0.2, -0.15) is 0 Å². The van der Waals surface area contributed by atoms with Gasteiger partial charge < -0.3 is 43.1 Å². The summed E-state index contributed by atoms with van der Waals surface area (Å²) in [6.07, 6.45) is 7.12. The third kappa shape index (κ3) is 19.3. The number of rotatable bonds is 22. The van der Waals surface area contributed by atoms with Crippen LogP contribution in [0, 0.1) is 24.0 Å². The van der Waals surface area contributed by atoms with E-state index in [9.17, 15) is 24.5 Å². The number of carbonyl (C=O) groups excluding carboxylic acids is 3. The number of nitro groups is 1. The highest BCUT2D eigenvalue weighted by molar-refractivity contribution is 6.31. The highest BCUT2D eigenvalue weighted by Gasteiger charge is 2.28. The van der Waals surface area contributed by atoms with Gasteiger partial charge in [0.05, 0.1) is 52.3 Å². The van der Waals surface area contributed by atoms with Crippen LogP contribution in [0.15, 0.2) is 267 Å². The molecule has 2 aliphatic heterocycles. The summed E-state index contributed by atoms with van der Waals surface area (Å²) < 4.78 is 17.1. The molecule has 2 fully saturated rings. The Morgan fingerprint density at radius 1 is 0.460 bits per heavy atom. The van der Waals surface area contributed by atoms with Gasteiger partial charge in [-0.25, -0.2) is 19.7 Å². The maximum atomic E-state index is 13.1. The van der Waals surface area contributed by atoms with Crippen molar-refractivity contribution in [3.8, 4) is 67.2 Å². The zero-order valence-corrected chi connectivity index (χ0v) is 64.8. The molecule has 20 nitrogen and oxygen atoms in total. The molecular weight excluding hydrogens is 1460 g/mol. The first kappa shape index (κ1) is 77.6. The van der Waals surface area contributed by atoms with Crippen molar-refractivity contribution < 1.29 is 28.8 Å². The normalized spacial score (nSPS) is 13.1. The van der Waals surface area contributed by atoms with Crippen LogP contribution in [0.4, 0.5) is 16.2 Å². The first-order chi connectivity index (χ1) is 55.2. The summed E-state index contributed by atoms with van der Waals surface area (Å²) in [7, 11) is 1.59. The van der Waals surface area contributed by atoms with Crippen molar-refractivity contribution in [1.82, 2.24) is 53.1 Å². The lowest BCUT2D eigenvalue weighted by Gasteiger charge is -2.35. The van der Waals surface area contributed by atoms with Crippen LogP contribution >= 0.6 is 23.2 Å². The number of halogens is 2. The quantitative estimate of drug-likeness (QED) is 0.0370. The number of aryl methyl sites for hydroxylation is 3. The lowest BCUT2D eigenvalue weighted by Crippen LogP contribution is -2.49. The molecule has 0 unspecified atom stereocenters. The van der Waals surface area contributed by atoms with Crippen LogP contribution in [-0.4, -0.2) is 150 Å². The van der Waals surface area contributed by atoms with Gasteiger partial charge in [-0.15, -0.1) is 0 Å². The first-order valence-electron chi connectivity index (χ1n) is 37.8. The second-order valence-corrected chi connectivity index (χ2v) is 28.9. The number of nitrogens with one attached hydrogen (secondary N) is 2. The molecule has 113 heavy (non-hydrogen) atoms. The monoisotopic (exact) mass is 1540 g/mol. The Morgan fingerprint density at radius 3 is 1.29 bits per heavy atom. The van der Waals surface area contributed by atoms with Gasteiger partial charge in [0.2, 0.25) is 11.8 Å². The number of nitrogens with zero attached hydrogens (tertiary/aromatic N) is 11. The number of nitro benzene ring substituents is 1. The van der Waals surface area contributed by atoms with E-state index in [0.717, 1.165) is 146 Å². The number of urea groups is 1. The Labute approximate surface area is 666 Å². The van der Waals surface area contributed by atoms with Crippen LogP contribution < -0.4 is 10.6 Å². The molecule has 0 atom stereocenters. The Morgan fingerprint density at radius 2 is 0.858 bits per heavy atom. The smallest absolute Gasteiger partial charge is 0.321 e. The third-order valence-electron chi connectivity index (χ3n) is 20.5. The summed E-state index contributed by atoms with van der Waals surface area (Å²) in [5.74, 6) is -0.0318. The van der Waals surface area contributed by atoms with E-state index in [-0.39, 0.29) is 36.6 Å². The number of hydrogen-bond acceptors (Lipinski definition) is 12. The van der Waals surface area contributed by atoms with E-state index in [4.69, 9.17) is 47.6 Å². The fourth-order valence-electron chi connectivity index (χ4n) is 14.3. The van der Waals surface area contributed by atoms with Crippen molar-refractivity contribution in [3.05, 3.63) is 321 Å². The standard InChI is InChI=1S/C33H32ClN5O.C33H31ClN4O2.C25H24N4O4/c1-23-7-6-8-24(2)31(23)36-33(40)38-19-17-37(18-20-38)22-29-32(26-11-14-28(34)15-12-26)35-30-16-13-27(21-39(29)30)25-9-4-3-5-10-25;34-29-14-11-27(12-15-29)33-30(38-21-28(13-16-31(38)35-33)26-9-5-2-6-10-26)22-36-17-19-37(20-18-36)32(39)24-40-23-25-7-3-1-4-8-25;1-33-16-15-26-24(30)14-12-22-25(19-7-10-21(11-8-19)29(31)32)27-23-13-9-20(17-28(22)23)18-5-3-2-4-6-18/h3-16,21H,17-20,22H2,1-2H3,(H,36,40);1-16,21H,17-20,22-24H2;2-11,13,17H,12,14-16H2,1H3,(H,26,30). The van der Waals surface area contributed by atoms with Crippen molar-refractivity contribution in [2.45, 2.75) is 46.4 Å². The Balaban J connectivity index is 0.000000141. The van der Waals surface area contributed by atoms with Crippen molar-refractivity contribution in [1.29, 1.82) is 0 Å². The molecule has 2 N–H and O–H groups in total. The van der Waals surface area contributed by atoms with E-state index in [0.29, 0.717) is 68.1 Å². The van der Waals surface area contributed by atoms with Crippen molar-refractivity contribution in [3.63, 3.8) is 0 Å². The first-order valence-corrected chi connectivity index (χ1v) is 38.6. The molecule has 6 aromatic heterocycles. The number of hydrogen-bond donors (Lipinski definition) is 2. The van der Waals surface area contributed by atoms with Gasteiger partial charge in [0, 0.05) is 149 Å². The zero-order chi connectivity index (χ0) is 78.2. The number of ether oxygens (including phenoxy) is 2. The van der Waals surface area contributed by atoms with Gasteiger partial charge in [-0.1, -0.05) is 187 Å². The van der Waals surface area contributed by atoms with E-state index in [1.807, 2.05) is 186 Å². The van der Waals surface area contributed by atoms with Crippen molar-refractivity contribution in [2.24, 2.45) is 0 Å². The SMILES string of the molecule is COCCNC(=O)CCc1c(-c2ccc([N+](=O)[O-])cc2)nc2ccc(-c3ccccc3)cn12.Cc1cccc(C)c1NC(=O)N1CCN(Cc2c(-c3ccc(Cl)cc3)nc3ccc(-c4ccccc4)cn23)CC1.O=C(COCc1ccccc1)N1CCN(Cc2c(-c3ccc(Cl)cc3)nc3ccc(-c4ccccc4)cn23)CC1. The number of fused-ring (bicyclic) bond motifs is 3. The molecule has 8 heterocycles. The van der Waals surface area contributed by atoms with Gasteiger partial charge in [-0.05, 0) is 143 Å². The second-order valence-electron chi connectivity index (χ2n) is 28.0. The molecule has 572 valence electrons. The van der Waals surface area contributed by atoms with E-state index in [1.165, 1.54) is 23.3 Å². The summed E-state index contributed by atoms with van der Waals surface area (Å²) in [5, 5.41) is 18.4. The van der Waals surface area contributed by atoms with Crippen LogP contribution in [0.3, 0.4) is 0 Å². The minimum absolute atomic E-state index is 0.0212. The number of imidazole rings is 3. The molecule has 0 radical (unpaired) electrons. The van der Waals surface area contributed by atoms with Gasteiger partial charge in [0.1, 0.15) is 23.5 Å². The fourth-order valence-corrected chi connectivity index (χ4v) is 14.5. The molecule has 2 saturated heterocycles. The number of benzene rings is 8. The number of amides is 4. The van der Waals surface area contributed by atoms with Gasteiger partial charge in [0.15, 0.2) is 0 Å². The van der Waals surface area contributed by atoms with Crippen LogP contribution in [0.1, 0.15) is 40.2 Å².